The maximum absolute atomic E-state index is 14.3. The summed E-state index contributed by atoms with van der Waals surface area (Å²) in [6, 6.07) is 6.62. The molecule has 0 amide bonds. The molecule has 0 fully saturated rings. The minimum atomic E-state index is -1.02. The molecular formula is C19H17FN2O3. The van der Waals surface area contributed by atoms with E-state index < -0.39 is 11.8 Å². The van der Waals surface area contributed by atoms with Crippen LogP contribution in [0.25, 0.3) is 22.8 Å². The van der Waals surface area contributed by atoms with Crippen LogP contribution in [0.4, 0.5) is 4.39 Å². The van der Waals surface area contributed by atoms with Crippen molar-refractivity contribution in [3.8, 4) is 22.8 Å². The number of hydrogen-bond donors (Lipinski definition) is 1. The Morgan fingerprint density at radius 3 is 2.40 bits per heavy atom. The fourth-order valence-corrected chi connectivity index (χ4v) is 2.93. The fraction of sp³-hybridized carbons (Fsp3) is 0.211. The number of aromatic carboxylic acids is 1. The molecule has 5 nitrogen and oxygen atoms in total. The van der Waals surface area contributed by atoms with E-state index in [1.165, 1.54) is 6.07 Å². The van der Waals surface area contributed by atoms with Crippen molar-refractivity contribution in [2.24, 2.45) is 0 Å². The van der Waals surface area contributed by atoms with Crippen molar-refractivity contribution >= 4 is 5.97 Å². The van der Waals surface area contributed by atoms with Crippen LogP contribution >= 0.6 is 0 Å². The fourth-order valence-electron chi connectivity index (χ4n) is 2.93. The summed E-state index contributed by atoms with van der Waals surface area (Å²) in [5.41, 5.74) is 3.79. The van der Waals surface area contributed by atoms with Gasteiger partial charge in [0.2, 0.25) is 5.82 Å². The van der Waals surface area contributed by atoms with Gasteiger partial charge in [0.1, 0.15) is 5.82 Å². The van der Waals surface area contributed by atoms with Crippen LogP contribution < -0.4 is 0 Å². The van der Waals surface area contributed by atoms with Crippen LogP contribution in [-0.4, -0.2) is 21.2 Å². The second-order valence-electron chi connectivity index (χ2n) is 6.15. The van der Waals surface area contributed by atoms with E-state index >= 15 is 0 Å². The molecule has 2 aromatic carbocycles. The maximum atomic E-state index is 14.3. The van der Waals surface area contributed by atoms with Crippen molar-refractivity contribution in [3.05, 3.63) is 57.9 Å². The van der Waals surface area contributed by atoms with Gasteiger partial charge in [-0.2, -0.15) is 4.98 Å². The van der Waals surface area contributed by atoms with Crippen molar-refractivity contribution in [2.75, 3.05) is 0 Å². The molecule has 6 heteroatoms. The average Bonchev–Trinajstić information content (AvgIpc) is 2.97. The highest BCUT2D eigenvalue weighted by molar-refractivity contribution is 5.92. The molecule has 0 saturated heterocycles. The third-order valence-electron chi connectivity index (χ3n) is 4.09. The summed E-state index contributed by atoms with van der Waals surface area (Å²) < 4.78 is 19.6. The lowest BCUT2D eigenvalue weighted by atomic mass is 9.98. The predicted octanol–water partition coefficient (Wildman–Crippen LogP) is 4.47. The monoisotopic (exact) mass is 340 g/mol. The number of halogens is 1. The van der Waals surface area contributed by atoms with Crippen molar-refractivity contribution in [2.45, 2.75) is 27.7 Å². The van der Waals surface area contributed by atoms with Gasteiger partial charge in [-0.1, -0.05) is 11.2 Å². The Labute approximate surface area is 144 Å². The molecule has 0 aliphatic rings. The molecular weight excluding hydrogens is 323 g/mol. The summed E-state index contributed by atoms with van der Waals surface area (Å²) in [7, 11) is 0. The Morgan fingerprint density at radius 1 is 1.08 bits per heavy atom. The molecule has 0 unspecified atom stereocenters. The van der Waals surface area contributed by atoms with E-state index in [-0.39, 0.29) is 22.8 Å². The molecule has 0 bridgehead atoms. The number of carboxylic acids is 1. The normalized spacial score (nSPS) is 10.9. The number of carboxylic acid groups (broad SMARTS) is 1. The first kappa shape index (κ1) is 16.8. The summed E-state index contributed by atoms with van der Waals surface area (Å²) in [5.74, 6) is -1.15. The Bertz CT molecular complexity index is 969. The first-order chi connectivity index (χ1) is 11.8. The third-order valence-corrected chi connectivity index (χ3v) is 4.09. The van der Waals surface area contributed by atoms with Gasteiger partial charge in [0.05, 0.1) is 11.1 Å². The Balaban J connectivity index is 2.14. The maximum Gasteiger partial charge on any atom is 0.335 e. The van der Waals surface area contributed by atoms with Gasteiger partial charge in [-0.3, -0.25) is 0 Å². The molecule has 0 aliphatic carbocycles. The van der Waals surface area contributed by atoms with E-state index in [4.69, 9.17) is 4.52 Å². The van der Waals surface area contributed by atoms with Gasteiger partial charge in [-0.25, -0.2) is 9.18 Å². The van der Waals surface area contributed by atoms with Crippen LogP contribution in [0, 0.1) is 33.5 Å². The van der Waals surface area contributed by atoms with E-state index in [1.54, 1.807) is 32.9 Å². The van der Waals surface area contributed by atoms with Crippen molar-refractivity contribution in [1.29, 1.82) is 0 Å². The van der Waals surface area contributed by atoms with Crippen molar-refractivity contribution < 1.29 is 18.8 Å². The highest BCUT2D eigenvalue weighted by Crippen LogP contribution is 2.30. The zero-order valence-corrected chi connectivity index (χ0v) is 14.3. The lowest BCUT2D eigenvalue weighted by Gasteiger charge is -2.07. The quantitative estimate of drug-likeness (QED) is 0.761. The molecule has 1 N–H and O–H groups in total. The third kappa shape index (κ3) is 3.03. The second kappa shape index (κ2) is 6.12. The number of nitrogens with zero attached hydrogens (tertiary/aromatic N) is 2. The van der Waals surface area contributed by atoms with Crippen LogP contribution in [0.1, 0.15) is 32.6 Å². The van der Waals surface area contributed by atoms with Crippen molar-refractivity contribution in [3.63, 3.8) is 0 Å². The van der Waals surface area contributed by atoms with E-state index in [2.05, 4.69) is 10.1 Å². The van der Waals surface area contributed by atoms with Gasteiger partial charge in [0.25, 0.3) is 5.89 Å². The smallest absolute Gasteiger partial charge is 0.335 e. The molecule has 25 heavy (non-hydrogen) atoms. The summed E-state index contributed by atoms with van der Waals surface area (Å²) in [6.07, 6.45) is 0. The average molecular weight is 340 g/mol. The Hall–Kier alpha value is -3.02. The van der Waals surface area contributed by atoms with Crippen LogP contribution in [0.3, 0.4) is 0 Å². The molecule has 3 aromatic rings. The highest BCUT2D eigenvalue weighted by atomic mass is 19.1. The molecule has 0 saturated carbocycles. The zero-order chi connectivity index (χ0) is 18.3. The number of rotatable bonds is 3. The summed E-state index contributed by atoms with van der Waals surface area (Å²) >= 11 is 0. The van der Waals surface area contributed by atoms with Gasteiger partial charge in [-0.15, -0.1) is 0 Å². The second-order valence-corrected chi connectivity index (χ2v) is 6.15. The van der Waals surface area contributed by atoms with Gasteiger partial charge >= 0.3 is 5.97 Å². The van der Waals surface area contributed by atoms with E-state index in [1.807, 2.05) is 13.0 Å². The van der Waals surface area contributed by atoms with E-state index in [0.29, 0.717) is 16.7 Å². The molecule has 128 valence electrons. The Kier molecular flexibility index (Phi) is 4.12. The number of benzene rings is 2. The first-order valence-corrected chi connectivity index (χ1v) is 7.73. The SMILES string of the molecule is Cc1cc(C)c(-c2nc(-c3cc(C)cc(C(=O)O)c3C)no2)c(F)c1. The summed E-state index contributed by atoms with van der Waals surface area (Å²) in [4.78, 5) is 15.7. The standard InChI is InChI=1S/C19H17FN2O3/c1-9-5-11(3)16(15(20)8-9)18-21-17(22-25-18)13-6-10(2)7-14(12(13)4)19(23)24/h5-8H,1-4H3,(H,23,24). The lowest BCUT2D eigenvalue weighted by Crippen LogP contribution is -2.02. The lowest BCUT2D eigenvalue weighted by molar-refractivity contribution is 0.0696. The van der Waals surface area contributed by atoms with Gasteiger partial charge in [0, 0.05) is 5.56 Å². The van der Waals surface area contributed by atoms with Crippen molar-refractivity contribution in [1.82, 2.24) is 10.1 Å². The first-order valence-electron chi connectivity index (χ1n) is 7.73. The van der Waals surface area contributed by atoms with Gasteiger partial charge in [-0.05, 0) is 68.1 Å². The topological polar surface area (TPSA) is 76.2 Å². The zero-order valence-electron chi connectivity index (χ0n) is 14.3. The molecule has 1 aromatic heterocycles. The molecule has 3 rings (SSSR count). The predicted molar refractivity (Wildman–Crippen MR) is 91.0 cm³/mol. The molecule has 1 heterocycles. The number of carbonyl (C=O) groups is 1. The minimum Gasteiger partial charge on any atom is -0.478 e. The van der Waals surface area contributed by atoms with E-state index in [0.717, 1.165) is 11.1 Å². The van der Waals surface area contributed by atoms with Gasteiger partial charge in [0.15, 0.2) is 0 Å². The Morgan fingerprint density at radius 2 is 1.76 bits per heavy atom. The summed E-state index contributed by atoms with van der Waals surface area (Å²) in [6.45, 7) is 7.06. The number of hydrogen-bond acceptors (Lipinski definition) is 4. The molecule has 0 atom stereocenters. The van der Waals surface area contributed by atoms with Crippen LogP contribution in [0.15, 0.2) is 28.8 Å². The van der Waals surface area contributed by atoms with Crippen LogP contribution in [0.5, 0.6) is 0 Å². The van der Waals surface area contributed by atoms with Crippen LogP contribution in [0.2, 0.25) is 0 Å². The molecule has 0 spiro atoms. The highest BCUT2D eigenvalue weighted by Gasteiger charge is 2.20. The molecule has 0 radical (unpaired) electrons. The van der Waals surface area contributed by atoms with E-state index in [9.17, 15) is 14.3 Å². The number of aryl methyl sites for hydroxylation is 3. The molecule has 0 aliphatic heterocycles. The largest absolute Gasteiger partial charge is 0.478 e. The van der Waals surface area contributed by atoms with Gasteiger partial charge < -0.3 is 9.63 Å². The summed E-state index contributed by atoms with van der Waals surface area (Å²) in [5, 5.41) is 13.3. The number of aromatic nitrogens is 2. The van der Waals surface area contributed by atoms with Crippen LogP contribution in [-0.2, 0) is 0 Å². The minimum absolute atomic E-state index is 0.0720.